The maximum atomic E-state index is 12.8. The van der Waals surface area contributed by atoms with Crippen molar-refractivity contribution in [2.24, 2.45) is 10.8 Å². The van der Waals surface area contributed by atoms with Gasteiger partial charge in [0.2, 0.25) is 5.82 Å². The van der Waals surface area contributed by atoms with Crippen LogP contribution in [0.25, 0.3) is 0 Å². The van der Waals surface area contributed by atoms with Crippen LogP contribution in [0.2, 0.25) is 0 Å². The van der Waals surface area contributed by atoms with Gasteiger partial charge in [-0.15, -0.1) is 0 Å². The van der Waals surface area contributed by atoms with Gasteiger partial charge in [0.25, 0.3) is 0 Å². The first kappa shape index (κ1) is 14.9. The fourth-order valence-electron chi connectivity index (χ4n) is 2.48. The summed E-state index contributed by atoms with van der Waals surface area (Å²) in [6.45, 7) is 8.32. The summed E-state index contributed by atoms with van der Waals surface area (Å²) in [4.78, 5) is 7.01. The lowest BCUT2D eigenvalue weighted by atomic mass is 10.0. The highest BCUT2D eigenvalue weighted by Gasteiger charge is 2.65. The van der Waals surface area contributed by atoms with Gasteiger partial charge in [-0.2, -0.15) is 13.2 Å². The van der Waals surface area contributed by atoms with Crippen LogP contribution >= 0.6 is 0 Å². The molecule has 1 saturated carbocycles. The Morgan fingerprint density at radius 1 is 1.05 bits per heavy atom. The van der Waals surface area contributed by atoms with Crippen molar-refractivity contribution in [2.45, 2.75) is 39.9 Å². The number of hydrogen-bond donors (Lipinski definition) is 2. The molecule has 4 nitrogen and oxygen atoms in total. The maximum absolute atomic E-state index is 12.8. The zero-order valence-corrected chi connectivity index (χ0v) is 12.2. The van der Waals surface area contributed by atoms with Gasteiger partial charge in [0.1, 0.15) is 11.6 Å². The van der Waals surface area contributed by atoms with Crippen molar-refractivity contribution in [3.8, 4) is 0 Å². The van der Waals surface area contributed by atoms with Crippen LogP contribution in [0.3, 0.4) is 0 Å². The Bertz CT molecular complexity index is 509. The number of rotatable bonds is 3. The molecule has 1 fully saturated rings. The van der Waals surface area contributed by atoms with Crippen LogP contribution in [0.5, 0.6) is 0 Å². The Morgan fingerprint density at radius 2 is 1.55 bits per heavy atom. The molecule has 112 valence electrons. The van der Waals surface area contributed by atoms with Crippen molar-refractivity contribution in [1.82, 2.24) is 9.97 Å². The standard InChI is InChI=1S/C13H19F3N4/c1-11(2)9(12(11,3)4)18-8-6-7(17-5)19-10(20-8)13(14,15)16/h6,9H,1-5H3,(H2,17,18,19,20). The van der Waals surface area contributed by atoms with Crippen LogP contribution in [-0.2, 0) is 6.18 Å². The van der Waals surface area contributed by atoms with E-state index in [0.717, 1.165) is 0 Å². The summed E-state index contributed by atoms with van der Waals surface area (Å²) >= 11 is 0. The average Bonchev–Trinajstić information content (AvgIpc) is 2.70. The molecule has 1 aromatic heterocycles. The molecule has 0 saturated heterocycles. The third kappa shape index (κ3) is 2.29. The third-order valence-corrected chi connectivity index (χ3v) is 4.55. The normalized spacial score (nSPS) is 20.6. The molecular weight excluding hydrogens is 269 g/mol. The molecule has 1 aliphatic rings. The lowest BCUT2D eigenvalue weighted by Crippen LogP contribution is -2.17. The van der Waals surface area contributed by atoms with E-state index in [2.05, 4.69) is 48.3 Å². The Kier molecular flexibility index (Phi) is 3.15. The molecule has 1 heterocycles. The summed E-state index contributed by atoms with van der Waals surface area (Å²) < 4.78 is 38.3. The number of nitrogens with zero attached hydrogens (tertiary/aromatic N) is 2. The second-order valence-corrected chi connectivity index (χ2v) is 6.23. The molecule has 0 unspecified atom stereocenters. The summed E-state index contributed by atoms with van der Waals surface area (Å²) in [6, 6.07) is 1.57. The second-order valence-electron chi connectivity index (χ2n) is 6.23. The zero-order valence-electron chi connectivity index (χ0n) is 12.2. The Morgan fingerprint density at radius 3 is 1.95 bits per heavy atom. The number of aromatic nitrogens is 2. The summed E-state index contributed by atoms with van der Waals surface area (Å²) in [5, 5.41) is 5.72. The SMILES string of the molecule is CNc1cc(NC2C(C)(C)C2(C)C)nc(C(F)(F)F)n1. The monoisotopic (exact) mass is 288 g/mol. The van der Waals surface area contributed by atoms with Gasteiger partial charge in [-0.05, 0) is 10.8 Å². The van der Waals surface area contributed by atoms with Crippen LogP contribution in [0, 0.1) is 10.8 Å². The zero-order chi connectivity index (χ0) is 15.3. The summed E-state index contributed by atoms with van der Waals surface area (Å²) in [7, 11) is 1.53. The number of hydrogen-bond acceptors (Lipinski definition) is 4. The molecule has 20 heavy (non-hydrogen) atoms. The van der Waals surface area contributed by atoms with Crippen LogP contribution in [-0.4, -0.2) is 23.1 Å². The summed E-state index contributed by atoms with van der Waals surface area (Å²) in [5.41, 5.74) is 0.0201. The van der Waals surface area contributed by atoms with Gasteiger partial charge >= 0.3 is 6.18 Å². The van der Waals surface area contributed by atoms with Crippen LogP contribution in [0.1, 0.15) is 33.5 Å². The molecule has 0 spiro atoms. The minimum absolute atomic E-state index is 0.0101. The topological polar surface area (TPSA) is 49.8 Å². The second kappa shape index (κ2) is 4.23. The molecule has 0 aromatic carbocycles. The lowest BCUT2D eigenvalue weighted by Gasteiger charge is -2.12. The molecule has 0 aliphatic heterocycles. The molecular formula is C13H19F3N4. The number of halogens is 3. The van der Waals surface area contributed by atoms with E-state index < -0.39 is 12.0 Å². The predicted octanol–water partition coefficient (Wildman–Crippen LogP) is 3.38. The molecule has 0 amide bonds. The van der Waals surface area contributed by atoms with Crippen molar-refractivity contribution in [3.05, 3.63) is 11.9 Å². The fourth-order valence-corrected chi connectivity index (χ4v) is 2.48. The Hall–Kier alpha value is -1.53. The predicted molar refractivity (Wildman–Crippen MR) is 71.6 cm³/mol. The van der Waals surface area contributed by atoms with Crippen LogP contribution < -0.4 is 10.6 Å². The molecule has 0 bridgehead atoms. The minimum atomic E-state index is -4.56. The number of nitrogens with one attached hydrogen (secondary N) is 2. The average molecular weight is 288 g/mol. The van der Waals surface area contributed by atoms with Gasteiger partial charge in [-0.1, -0.05) is 27.7 Å². The van der Waals surface area contributed by atoms with Gasteiger partial charge in [0.05, 0.1) is 0 Å². The van der Waals surface area contributed by atoms with Crippen LogP contribution in [0.4, 0.5) is 24.8 Å². The molecule has 7 heteroatoms. The number of alkyl halides is 3. The molecule has 2 N–H and O–H groups in total. The first-order valence-corrected chi connectivity index (χ1v) is 6.40. The van der Waals surface area contributed by atoms with E-state index in [1.54, 1.807) is 0 Å². The van der Waals surface area contributed by atoms with E-state index in [1.807, 2.05) is 0 Å². The fraction of sp³-hybridized carbons (Fsp3) is 0.692. The van der Waals surface area contributed by atoms with Gasteiger partial charge in [-0.25, -0.2) is 9.97 Å². The summed E-state index contributed by atoms with van der Waals surface area (Å²) in [5.74, 6) is -0.797. The highest BCUT2D eigenvalue weighted by Crippen LogP contribution is 2.63. The van der Waals surface area contributed by atoms with Crippen LogP contribution in [0.15, 0.2) is 6.07 Å². The van der Waals surface area contributed by atoms with E-state index in [-0.39, 0.29) is 28.5 Å². The molecule has 1 aliphatic carbocycles. The summed E-state index contributed by atoms with van der Waals surface area (Å²) in [6.07, 6.45) is -4.56. The van der Waals surface area contributed by atoms with E-state index in [1.165, 1.54) is 13.1 Å². The Labute approximate surface area is 116 Å². The van der Waals surface area contributed by atoms with Crippen molar-refractivity contribution in [2.75, 3.05) is 17.7 Å². The van der Waals surface area contributed by atoms with Crippen molar-refractivity contribution in [3.63, 3.8) is 0 Å². The van der Waals surface area contributed by atoms with Crippen molar-refractivity contribution < 1.29 is 13.2 Å². The largest absolute Gasteiger partial charge is 0.451 e. The minimum Gasteiger partial charge on any atom is -0.373 e. The highest BCUT2D eigenvalue weighted by molar-refractivity contribution is 5.50. The van der Waals surface area contributed by atoms with Gasteiger partial charge in [-0.3, -0.25) is 0 Å². The number of anilines is 2. The lowest BCUT2D eigenvalue weighted by molar-refractivity contribution is -0.144. The first-order chi connectivity index (χ1) is 9.00. The highest BCUT2D eigenvalue weighted by atomic mass is 19.4. The maximum Gasteiger partial charge on any atom is 0.451 e. The Balaban J connectivity index is 2.30. The van der Waals surface area contributed by atoms with E-state index >= 15 is 0 Å². The van der Waals surface area contributed by atoms with E-state index in [4.69, 9.17) is 0 Å². The first-order valence-electron chi connectivity index (χ1n) is 6.40. The van der Waals surface area contributed by atoms with Crippen molar-refractivity contribution in [1.29, 1.82) is 0 Å². The smallest absolute Gasteiger partial charge is 0.373 e. The third-order valence-electron chi connectivity index (χ3n) is 4.55. The van der Waals surface area contributed by atoms with Gasteiger partial charge in [0, 0.05) is 19.2 Å². The van der Waals surface area contributed by atoms with Gasteiger partial charge in [0.15, 0.2) is 0 Å². The molecule has 2 rings (SSSR count). The van der Waals surface area contributed by atoms with Gasteiger partial charge < -0.3 is 10.6 Å². The van der Waals surface area contributed by atoms with E-state index in [9.17, 15) is 13.2 Å². The molecule has 0 atom stereocenters. The molecule has 0 radical (unpaired) electrons. The quantitative estimate of drug-likeness (QED) is 0.895. The van der Waals surface area contributed by atoms with E-state index in [0.29, 0.717) is 0 Å². The van der Waals surface area contributed by atoms with Crippen molar-refractivity contribution >= 4 is 11.6 Å². The molecule has 1 aromatic rings.